The molecule has 0 unspecified atom stereocenters. The van der Waals surface area contributed by atoms with E-state index in [1.54, 1.807) is 12.0 Å². The smallest absolute Gasteiger partial charge is 0.262 e. The number of nitrogens with one attached hydrogen (secondary N) is 1. The van der Waals surface area contributed by atoms with Gasteiger partial charge in [-0.15, -0.1) is 0 Å². The first kappa shape index (κ1) is 17.9. The predicted octanol–water partition coefficient (Wildman–Crippen LogP) is 4.87. The Labute approximate surface area is 164 Å². The molecule has 1 amide bonds. The fraction of sp³-hybridized carbons (Fsp3) is 0.174. The molecule has 1 aliphatic heterocycles. The van der Waals surface area contributed by atoms with Crippen molar-refractivity contribution in [2.75, 3.05) is 23.9 Å². The minimum Gasteiger partial charge on any atom is -0.493 e. The van der Waals surface area contributed by atoms with E-state index < -0.39 is 0 Å². The van der Waals surface area contributed by atoms with Gasteiger partial charge in [0.2, 0.25) is 0 Å². The van der Waals surface area contributed by atoms with E-state index in [1.807, 2.05) is 79.7 Å². The molecule has 0 spiro atoms. The zero-order valence-corrected chi connectivity index (χ0v) is 15.9. The second-order valence-electron chi connectivity index (χ2n) is 6.45. The number of rotatable bonds is 5. The number of anilines is 2. The molecule has 4 rings (SSSR count). The summed E-state index contributed by atoms with van der Waals surface area (Å²) in [4.78, 5) is 15.1. The van der Waals surface area contributed by atoms with Crippen molar-refractivity contribution in [2.24, 2.45) is 0 Å². The van der Waals surface area contributed by atoms with E-state index in [0.29, 0.717) is 23.7 Å². The summed E-state index contributed by atoms with van der Waals surface area (Å²) in [6.07, 6.45) is -0.366. The lowest BCUT2D eigenvalue weighted by Gasteiger charge is -2.38. The van der Waals surface area contributed by atoms with Crippen LogP contribution in [0.15, 0.2) is 72.8 Å². The Morgan fingerprint density at radius 2 is 1.71 bits per heavy atom. The number of carbonyl (C=O) groups is 1. The van der Waals surface area contributed by atoms with Crippen LogP contribution in [0, 0.1) is 0 Å². The number of methoxy groups -OCH3 is 1. The highest BCUT2D eigenvalue weighted by Gasteiger charge is 2.34. The molecule has 28 heavy (non-hydrogen) atoms. The molecule has 0 aliphatic carbocycles. The topological polar surface area (TPSA) is 50.8 Å². The van der Waals surface area contributed by atoms with Crippen molar-refractivity contribution in [2.45, 2.75) is 13.1 Å². The van der Waals surface area contributed by atoms with Crippen LogP contribution < -0.4 is 19.7 Å². The Morgan fingerprint density at radius 3 is 2.46 bits per heavy atom. The molecule has 0 aromatic heterocycles. The van der Waals surface area contributed by atoms with E-state index in [4.69, 9.17) is 9.47 Å². The molecule has 0 saturated heterocycles. The molecular weight excluding hydrogens is 352 g/mol. The molecule has 0 fully saturated rings. The maximum atomic E-state index is 13.4. The minimum absolute atomic E-state index is 0.0423. The first-order valence-electron chi connectivity index (χ1n) is 9.28. The average Bonchev–Trinajstić information content (AvgIpc) is 2.74. The van der Waals surface area contributed by atoms with E-state index >= 15 is 0 Å². The number of hydrogen-bond donors (Lipinski definition) is 1. The molecule has 3 aromatic rings. The van der Waals surface area contributed by atoms with E-state index in [2.05, 4.69) is 5.32 Å². The van der Waals surface area contributed by atoms with Gasteiger partial charge in [-0.3, -0.25) is 9.69 Å². The molecule has 5 nitrogen and oxygen atoms in total. The largest absolute Gasteiger partial charge is 0.493 e. The number of nitrogens with zero attached hydrogens (tertiary/aromatic N) is 1. The molecule has 0 bridgehead atoms. The molecule has 1 N–H and O–H groups in total. The normalized spacial score (nSPS) is 15.6. The second kappa shape index (κ2) is 7.64. The number of ether oxygens (including phenoxy) is 2. The molecule has 5 heteroatoms. The number of benzene rings is 3. The third kappa shape index (κ3) is 3.16. The lowest BCUT2D eigenvalue weighted by Crippen LogP contribution is -2.43. The summed E-state index contributed by atoms with van der Waals surface area (Å²) in [5, 5.41) is 3.51. The van der Waals surface area contributed by atoms with E-state index in [9.17, 15) is 4.79 Å². The highest BCUT2D eigenvalue weighted by molar-refractivity contribution is 6.12. The van der Waals surface area contributed by atoms with Crippen LogP contribution >= 0.6 is 0 Å². The maximum absolute atomic E-state index is 13.4. The zero-order valence-electron chi connectivity index (χ0n) is 15.9. The third-order valence-electron chi connectivity index (χ3n) is 4.76. The highest BCUT2D eigenvalue weighted by atomic mass is 16.5. The lowest BCUT2D eigenvalue weighted by molar-refractivity contribution is 0.0975. The van der Waals surface area contributed by atoms with Gasteiger partial charge < -0.3 is 14.8 Å². The second-order valence-corrected chi connectivity index (χ2v) is 6.45. The summed E-state index contributed by atoms with van der Waals surface area (Å²) in [7, 11) is 1.62. The van der Waals surface area contributed by atoms with E-state index in [-0.39, 0.29) is 12.1 Å². The van der Waals surface area contributed by atoms with Gasteiger partial charge >= 0.3 is 0 Å². The summed E-state index contributed by atoms with van der Waals surface area (Å²) in [5.74, 6) is 1.28. The third-order valence-corrected chi connectivity index (χ3v) is 4.76. The van der Waals surface area contributed by atoms with Gasteiger partial charge in [0, 0.05) is 11.4 Å². The van der Waals surface area contributed by atoms with Gasteiger partial charge in [0.05, 0.1) is 19.3 Å². The monoisotopic (exact) mass is 374 g/mol. The van der Waals surface area contributed by atoms with E-state index in [1.165, 1.54) is 0 Å². The Hall–Kier alpha value is -3.47. The van der Waals surface area contributed by atoms with Gasteiger partial charge in [-0.2, -0.15) is 0 Å². The van der Waals surface area contributed by atoms with Crippen molar-refractivity contribution in [3.8, 4) is 11.5 Å². The molecular formula is C23H22N2O3. The van der Waals surface area contributed by atoms with Crippen molar-refractivity contribution in [3.63, 3.8) is 0 Å². The van der Waals surface area contributed by atoms with Crippen LogP contribution in [-0.2, 0) is 0 Å². The Morgan fingerprint density at radius 1 is 0.964 bits per heavy atom. The SMILES string of the molecule is CCOc1cc([C@@H]2Nc3ccccc3C(=O)N2c2ccccc2)ccc1OC. The van der Waals surface area contributed by atoms with Crippen LogP contribution in [0.5, 0.6) is 11.5 Å². The van der Waals surface area contributed by atoms with Crippen molar-refractivity contribution in [3.05, 3.63) is 83.9 Å². The van der Waals surface area contributed by atoms with Gasteiger partial charge in [0.1, 0.15) is 6.17 Å². The molecule has 1 heterocycles. The zero-order chi connectivity index (χ0) is 19.5. The average molecular weight is 374 g/mol. The molecule has 1 atom stereocenters. The first-order valence-corrected chi connectivity index (χ1v) is 9.28. The van der Waals surface area contributed by atoms with Crippen molar-refractivity contribution in [1.29, 1.82) is 0 Å². The van der Waals surface area contributed by atoms with Gasteiger partial charge in [-0.05, 0) is 48.9 Å². The van der Waals surface area contributed by atoms with Crippen LogP contribution in [0.25, 0.3) is 0 Å². The summed E-state index contributed by atoms with van der Waals surface area (Å²) in [5.41, 5.74) is 3.21. The molecule has 0 saturated carbocycles. The van der Waals surface area contributed by atoms with Crippen LogP contribution in [0.3, 0.4) is 0 Å². The lowest BCUT2D eigenvalue weighted by atomic mass is 10.0. The quantitative estimate of drug-likeness (QED) is 0.693. The molecule has 1 aliphatic rings. The van der Waals surface area contributed by atoms with Crippen molar-refractivity contribution >= 4 is 17.3 Å². The fourth-order valence-corrected chi connectivity index (χ4v) is 3.47. The first-order chi connectivity index (χ1) is 13.7. The fourth-order valence-electron chi connectivity index (χ4n) is 3.47. The number of fused-ring (bicyclic) bond motifs is 1. The van der Waals surface area contributed by atoms with Gasteiger partial charge in [0.25, 0.3) is 5.91 Å². The summed E-state index contributed by atoms with van der Waals surface area (Å²) < 4.78 is 11.1. The van der Waals surface area contributed by atoms with Crippen LogP contribution in [0.2, 0.25) is 0 Å². The Balaban J connectivity index is 1.83. The summed E-state index contributed by atoms with van der Waals surface area (Å²) in [6.45, 7) is 2.46. The summed E-state index contributed by atoms with van der Waals surface area (Å²) in [6, 6.07) is 23.0. The highest BCUT2D eigenvalue weighted by Crippen LogP contribution is 2.39. The Bertz CT molecular complexity index is 988. The molecule has 0 radical (unpaired) electrons. The number of para-hydroxylation sites is 2. The molecule has 142 valence electrons. The van der Waals surface area contributed by atoms with Crippen LogP contribution in [-0.4, -0.2) is 19.6 Å². The van der Waals surface area contributed by atoms with Gasteiger partial charge in [-0.25, -0.2) is 0 Å². The number of amides is 1. The van der Waals surface area contributed by atoms with Crippen LogP contribution in [0.1, 0.15) is 29.0 Å². The summed E-state index contributed by atoms with van der Waals surface area (Å²) >= 11 is 0. The number of hydrogen-bond acceptors (Lipinski definition) is 4. The van der Waals surface area contributed by atoms with Crippen LogP contribution in [0.4, 0.5) is 11.4 Å². The van der Waals surface area contributed by atoms with Gasteiger partial charge in [0.15, 0.2) is 11.5 Å². The minimum atomic E-state index is -0.366. The Kier molecular flexibility index (Phi) is 4.89. The predicted molar refractivity (Wildman–Crippen MR) is 110 cm³/mol. The number of carbonyl (C=O) groups excluding carboxylic acids is 1. The maximum Gasteiger partial charge on any atom is 0.262 e. The standard InChI is InChI=1S/C23H22N2O3/c1-3-28-21-15-16(13-14-20(21)27-2)22-24-19-12-8-7-11-18(19)23(26)25(22)17-9-5-4-6-10-17/h4-15,22,24H,3H2,1-2H3/t22-/m1/s1. The van der Waals surface area contributed by atoms with Gasteiger partial charge in [-0.1, -0.05) is 36.4 Å². The molecule has 3 aromatic carbocycles. The van der Waals surface area contributed by atoms with Crippen molar-refractivity contribution < 1.29 is 14.3 Å². The van der Waals surface area contributed by atoms with Crippen molar-refractivity contribution in [1.82, 2.24) is 0 Å². The van der Waals surface area contributed by atoms with E-state index in [0.717, 1.165) is 16.9 Å².